The molecule has 0 unspecified atom stereocenters. The van der Waals surface area contributed by atoms with E-state index in [0.29, 0.717) is 37.6 Å². The van der Waals surface area contributed by atoms with Gasteiger partial charge in [-0.2, -0.15) is 5.10 Å². The van der Waals surface area contributed by atoms with Crippen LogP contribution < -0.4 is 4.74 Å². The van der Waals surface area contributed by atoms with E-state index in [9.17, 15) is 9.59 Å². The average Bonchev–Trinajstić information content (AvgIpc) is 3.15. The molecule has 1 fully saturated rings. The van der Waals surface area contributed by atoms with Crippen molar-refractivity contribution in [3.63, 3.8) is 0 Å². The number of amides is 1. The molecule has 0 aliphatic carbocycles. The maximum atomic E-state index is 12.0. The fourth-order valence-electron chi connectivity index (χ4n) is 2.74. The largest absolute Gasteiger partial charge is 0.473 e. The summed E-state index contributed by atoms with van der Waals surface area (Å²) >= 11 is 0. The topological polar surface area (TPSA) is 90.2 Å². The van der Waals surface area contributed by atoms with Gasteiger partial charge in [-0.1, -0.05) is 0 Å². The first-order valence-corrected chi connectivity index (χ1v) is 8.39. The van der Waals surface area contributed by atoms with Gasteiger partial charge in [0.2, 0.25) is 11.8 Å². The number of carbonyl (C=O) groups excluding carboxylic acids is 2. The Morgan fingerprint density at radius 3 is 2.60 bits per heavy atom. The Balaban J connectivity index is 1.47. The first-order chi connectivity index (χ1) is 12.1. The molecule has 8 nitrogen and oxygen atoms in total. The summed E-state index contributed by atoms with van der Waals surface area (Å²) < 4.78 is 7.49. The molecular weight excluding hydrogens is 322 g/mol. The third-order valence-electron chi connectivity index (χ3n) is 4.14. The van der Waals surface area contributed by atoms with Crippen molar-refractivity contribution in [1.29, 1.82) is 0 Å². The molecule has 1 saturated heterocycles. The Bertz CT molecular complexity index is 706. The van der Waals surface area contributed by atoms with Gasteiger partial charge in [-0.05, 0) is 19.1 Å². The van der Waals surface area contributed by atoms with Crippen LogP contribution in [0.25, 0.3) is 5.82 Å². The summed E-state index contributed by atoms with van der Waals surface area (Å²) in [5, 5.41) is 12.3. The van der Waals surface area contributed by atoms with E-state index in [4.69, 9.17) is 4.74 Å². The molecule has 0 radical (unpaired) electrons. The molecule has 25 heavy (non-hydrogen) atoms. The van der Waals surface area contributed by atoms with Gasteiger partial charge in [-0.3, -0.25) is 4.79 Å². The van der Waals surface area contributed by atoms with E-state index in [-0.39, 0.29) is 17.8 Å². The van der Waals surface area contributed by atoms with Crippen molar-refractivity contribution in [3.8, 4) is 11.7 Å². The zero-order valence-corrected chi connectivity index (χ0v) is 14.2. The molecule has 2 aromatic heterocycles. The van der Waals surface area contributed by atoms with Crippen molar-refractivity contribution in [2.24, 2.45) is 0 Å². The Kier molecular flexibility index (Phi) is 5.37. The van der Waals surface area contributed by atoms with Crippen LogP contribution in [0.1, 0.15) is 32.6 Å². The van der Waals surface area contributed by atoms with Crippen molar-refractivity contribution >= 4 is 11.7 Å². The van der Waals surface area contributed by atoms with Crippen LogP contribution >= 0.6 is 0 Å². The SMILES string of the molecule is CC(=O)CCC(=O)N1CCC(Oc2ccc(-n3cccn3)nn2)CC1. The van der Waals surface area contributed by atoms with Gasteiger partial charge >= 0.3 is 0 Å². The van der Waals surface area contributed by atoms with Gasteiger partial charge in [0.1, 0.15) is 11.9 Å². The van der Waals surface area contributed by atoms with Gasteiger partial charge in [0, 0.05) is 57.2 Å². The van der Waals surface area contributed by atoms with Crippen molar-refractivity contribution < 1.29 is 14.3 Å². The molecule has 1 aliphatic heterocycles. The molecule has 0 saturated carbocycles. The van der Waals surface area contributed by atoms with Gasteiger partial charge in [0.15, 0.2) is 5.82 Å². The number of aromatic nitrogens is 4. The van der Waals surface area contributed by atoms with Crippen LogP contribution in [-0.2, 0) is 9.59 Å². The first kappa shape index (κ1) is 17.1. The first-order valence-electron chi connectivity index (χ1n) is 8.39. The minimum Gasteiger partial charge on any atom is -0.473 e. The highest BCUT2D eigenvalue weighted by molar-refractivity contribution is 5.83. The Morgan fingerprint density at radius 1 is 1.20 bits per heavy atom. The Labute approximate surface area is 145 Å². The van der Waals surface area contributed by atoms with Gasteiger partial charge in [-0.25, -0.2) is 4.68 Å². The van der Waals surface area contributed by atoms with Crippen LogP contribution in [0.2, 0.25) is 0 Å². The summed E-state index contributed by atoms with van der Waals surface area (Å²) in [5.41, 5.74) is 0. The van der Waals surface area contributed by atoms with Crippen LogP contribution in [0.4, 0.5) is 0 Å². The summed E-state index contributed by atoms with van der Waals surface area (Å²) in [6.07, 6.45) is 5.58. The lowest BCUT2D eigenvalue weighted by atomic mass is 10.1. The van der Waals surface area contributed by atoms with Gasteiger partial charge in [0.05, 0.1) is 0 Å². The number of hydrogen-bond acceptors (Lipinski definition) is 6. The zero-order chi connectivity index (χ0) is 17.6. The molecule has 2 aromatic rings. The van der Waals surface area contributed by atoms with E-state index in [1.807, 2.05) is 6.07 Å². The van der Waals surface area contributed by atoms with Crippen molar-refractivity contribution in [3.05, 3.63) is 30.6 Å². The highest BCUT2D eigenvalue weighted by atomic mass is 16.5. The normalized spacial score (nSPS) is 15.2. The van der Waals surface area contributed by atoms with E-state index >= 15 is 0 Å². The van der Waals surface area contributed by atoms with Gasteiger partial charge < -0.3 is 14.4 Å². The molecule has 0 aromatic carbocycles. The second-order valence-electron chi connectivity index (χ2n) is 6.08. The molecule has 1 amide bonds. The second kappa shape index (κ2) is 7.87. The molecule has 0 bridgehead atoms. The minimum absolute atomic E-state index is 0.0155. The van der Waals surface area contributed by atoms with Crippen LogP contribution in [0.5, 0.6) is 5.88 Å². The Hall–Kier alpha value is -2.77. The third-order valence-corrected chi connectivity index (χ3v) is 4.14. The van der Waals surface area contributed by atoms with Crippen molar-refractivity contribution in [1.82, 2.24) is 24.9 Å². The number of rotatable bonds is 6. The van der Waals surface area contributed by atoms with E-state index in [0.717, 1.165) is 12.8 Å². The molecular formula is C17H21N5O3. The third kappa shape index (κ3) is 4.62. The summed E-state index contributed by atoms with van der Waals surface area (Å²) in [7, 11) is 0. The van der Waals surface area contributed by atoms with Crippen molar-refractivity contribution in [2.45, 2.75) is 38.7 Å². The van der Waals surface area contributed by atoms with Crippen LogP contribution in [0.3, 0.4) is 0 Å². The number of ketones is 1. The molecule has 0 N–H and O–H groups in total. The Morgan fingerprint density at radius 2 is 2.00 bits per heavy atom. The van der Waals surface area contributed by atoms with E-state index in [1.165, 1.54) is 6.92 Å². The summed E-state index contributed by atoms with van der Waals surface area (Å²) in [6.45, 7) is 2.78. The molecule has 8 heteroatoms. The summed E-state index contributed by atoms with van der Waals surface area (Å²) in [6, 6.07) is 5.39. The molecule has 0 spiro atoms. The minimum atomic E-state index is 0.0155. The maximum Gasteiger partial charge on any atom is 0.233 e. The number of nitrogens with zero attached hydrogens (tertiary/aromatic N) is 5. The highest BCUT2D eigenvalue weighted by Gasteiger charge is 2.24. The zero-order valence-electron chi connectivity index (χ0n) is 14.2. The standard InChI is InChI=1S/C17H21N5O3/c1-13(23)3-6-17(24)21-11-7-14(8-12-21)25-16-5-4-15(19-20-16)22-10-2-9-18-22/h2,4-5,9-10,14H,3,6-8,11-12H2,1H3. The number of likely N-dealkylation sites (tertiary alicyclic amines) is 1. The molecule has 132 valence electrons. The summed E-state index contributed by atoms with van der Waals surface area (Å²) in [4.78, 5) is 24.8. The number of hydrogen-bond donors (Lipinski definition) is 0. The summed E-state index contributed by atoms with van der Waals surface area (Å²) in [5.74, 6) is 1.18. The molecule has 3 heterocycles. The predicted octanol–water partition coefficient (Wildman–Crippen LogP) is 1.40. The number of piperidine rings is 1. The van der Waals surface area contributed by atoms with Crippen LogP contribution in [0.15, 0.2) is 30.6 Å². The lowest BCUT2D eigenvalue weighted by Gasteiger charge is -2.31. The van der Waals surface area contributed by atoms with Gasteiger partial charge in [0.25, 0.3) is 0 Å². The lowest BCUT2D eigenvalue weighted by Crippen LogP contribution is -2.41. The van der Waals surface area contributed by atoms with Crippen molar-refractivity contribution in [2.75, 3.05) is 13.1 Å². The molecule has 3 rings (SSSR count). The smallest absolute Gasteiger partial charge is 0.233 e. The monoisotopic (exact) mass is 343 g/mol. The quantitative estimate of drug-likeness (QED) is 0.787. The lowest BCUT2D eigenvalue weighted by molar-refractivity contribution is -0.134. The second-order valence-corrected chi connectivity index (χ2v) is 6.08. The molecule has 1 aliphatic rings. The predicted molar refractivity (Wildman–Crippen MR) is 89.3 cm³/mol. The van der Waals surface area contributed by atoms with Gasteiger partial charge in [-0.15, -0.1) is 10.2 Å². The number of carbonyl (C=O) groups is 2. The number of ether oxygens (including phenoxy) is 1. The molecule has 0 atom stereocenters. The van der Waals surface area contributed by atoms with E-state index < -0.39 is 0 Å². The van der Waals surface area contributed by atoms with E-state index in [1.54, 1.807) is 34.1 Å². The fraction of sp³-hybridized carbons (Fsp3) is 0.471. The van der Waals surface area contributed by atoms with Crippen LogP contribution in [0, 0.1) is 0 Å². The maximum absolute atomic E-state index is 12.0. The average molecular weight is 343 g/mol. The number of Topliss-reactive ketones (excluding diaryl/α,β-unsaturated/α-hetero) is 1. The highest BCUT2D eigenvalue weighted by Crippen LogP contribution is 2.18. The fourth-order valence-corrected chi connectivity index (χ4v) is 2.74. The van der Waals surface area contributed by atoms with E-state index in [2.05, 4.69) is 15.3 Å². The van der Waals surface area contributed by atoms with Crippen LogP contribution in [-0.4, -0.2) is 55.8 Å².